The van der Waals surface area contributed by atoms with Crippen LogP contribution in [0.2, 0.25) is 0 Å². The van der Waals surface area contributed by atoms with Crippen molar-refractivity contribution in [3.8, 4) is 0 Å². The number of hydrogen-bond donors (Lipinski definition) is 0. The topological polar surface area (TPSA) is 40.6 Å². The molecular weight excluding hydrogens is 312 g/mol. The van der Waals surface area contributed by atoms with Crippen LogP contribution in [-0.4, -0.2) is 40.7 Å². The van der Waals surface area contributed by atoms with Gasteiger partial charge >= 0.3 is 0 Å². The van der Waals surface area contributed by atoms with Crippen molar-refractivity contribution < 1.29 is 9.59 Å². The second kappa shape index (κ2) is 8.03. The van der Waals surface area contributed by atoms with E-state index in [1.165, 1.54) is 11.1 Å². The zero-order valence-corrected chi connectivity index (χ0v) is 15.5. The Morgan fingerprint density at radius 1 is 1.16 bits per heavy atom. The molecule has 0 bridgehead atoms. The second-order valence-corrected chi connectivity index (χ2v) is 7.78. The second-order valence-electron chi connectivity index (χ2n) is 7.78. The highest BCUT2D eigenvalue weighted by molar-refractivity contribution is 5.85. The molecule has 1 saturated carbocycles. The van der Waals surface area contributed by atoms with Crippen LogP contribution in [0.1, 0.15) is 69.4 Å². The molecule has 0 unspecified atom stereocenters. The summed E-state index contributed by atoms with van der Waals surface area (Å²) >= 11 is 0. The minimum atomic E-state index is 0.102. The molecule has 1 aromatic carbocycles. The van der Waals surface area contributed by atoms with Crippen LogP contribution < -0.4 is 0 Å². The van der Waals surface area contributed by atoms with Crippen LogP contribution in [0, 0.1) is 0 Å². The molecule has 0 spiro atoms. The number of hydrogen-bond acceptors (Lipinski definition) is 2. The van der Waals surface area contributed by atoms with Gasteiger partial charge in [0.1, 0.15) is 0 Å². The summed E-state index contributed by atoms with van der Waals surface area (Å²) < 4.78 is 0. The van der Waals surface area contributed by atoms with Crippen LogP contribution in [-0.2, 0) is 16.1 Å². The van der Waals surface area contributed by atoms with Crippen molar-refractivity contribution in [2.24, 2.45) is 0 Å². The molecule has 3 rings (SSSR count). The molecule has 136 valence electrons. The van der Waals surface area contributed by atoms with Crippen LogP contribution >= 0.6 is 0 Å². The highest BCUT2D eigenvalue weighted by Crippen LogP contribution is 2.29. The average Bonchev–Trinajstić information content (AvgIpc) is 3.43. The molecule has 2 fully saturated rings. The monoisotopic (exact) mass is 342 g/mol. The maximum absolute atomic E-state index is 12.9. The Hall–Kier alpha value is -1.84. The lowest BCUT2D eigenvalue weighted by Gasteiger charge is -2.27. The number of likely N-dealkylation sites (tertiary alicyclic amines) is 1. The van der Waals surface area contributed by atoms with Crippen molar-refractivity contribution in [1.29, 1.82) is 0 Å². The lowest BCUT2D eigenvalue weighted by atomic mass is 10.0. The Morgan fingerprint density at radius 3 is 2.52 bits per heavy atom. The first-order valence-electron chi connectivity index (χ1n) is 9.70. The third kappa shape index (κ3) is 4.83. The third-order valence-corrected chi connectivity index (χ3v) is 5.30. The summed E-state index contributed by atoms with van der Waals surface area (Å²) in [4.78, 5) is 28.8. The molecule has 1 aliphatic heterocycles. The van der Waals surface area contributed by atoms with Crippen LogP contribution in [0.5, 0.6) is 0 Å². The quantitative estimate of drug-likeness (QED) is 0.791. The standard InChI is InChI=1S/C21H30N2O2/c1-16(2)18-9-7-17(8-10-18)14-23(19-11-12-19)21(25)15-22-13-5-3-4-6-20(22)24/h7-10,16,19H,3-6,11-15H2,1-2H3. The summed E-state index contributed by atoms with van der Waals surface area (Å²) in [7, 11) is 0. The van der Waals surface area contributed by atoms with E-state index in [0.29, 0.717) is 24.9 Å². The molecular formula is C21H30N2O2. The van der Waals surface area contributed by atoms with Gasteiger partial charge in [0.2, 0.25) is 11.8 Å². The Labute approximate surface area is 151 Å². The van der Waals surface area contributed by atoms with Gasteiger partial charge in [-0.3, -0.25) is 9.59 Å². The van der Waals surface area contributed by atoms with Gasteiger partial charge in [0.15, 0.2) is 0 Å². The zero-order chi connectivity index (χ0) is 17.8. The maximum Gasteiger partial charge on any atom is 0.242 e. The summed E-state index contributed by atoms with van der Waals surface area (Å²) in [5, 5.41) is 0. The fraction of sp³-hybridized carbons (Fsp3) is 0.619. The van der Waals surface area contributed by atoms with Crippen molar-refractivity contribution in [1.82, 2.24) is 9.80 Å². The predicted molar refractivity (Wildman–Crippen MR) is 99.2 cm³/mol. The lowest BCUT2D eigenvalue weighted by Crippen LogP contribution is -2.43. The van der Waals surface area contributed by atoms with Crippen molar-refractivity contribution in [3.63, 3.8) is 0 Å². The van der Waals surface area contributed by atoms with E-state index in [1.807, 2.05) is 4.90 Å². The third-order valence-electron chi connectivity index (χ3n) is 5.30. The van der Waals surface area contributed by atoms with E-state index in [4.69, 9.17) is 0 Å². The minimum Gasteiger partial charge on any atom is -0.334 e. The largest absolute Gasteiger partial charge is 0.334 e. The van der Waals surface area contributed by atoms with Gasteiger partial charge in [-0.1, -0.05) is 44.5 Å². The summed E-state index contributed by atoms with van der Waals surface area (Å²) in [6.07, 6.45) is 5.82. The summed E-state index contributed by atoms with van der Waals surface area (Å²) in [5.41, 5.74) is 2.50. The lowest BCUT2D eigenvalue weighted by molar-refractivity contribution is -0.140. The molecule has 1 saturated heterocycles. The molecule has 0 aromatic heterocycles. The van der Waals surface area contributed by atoms with Crippen molar-refractivity contribution in [2.75, 3.05) is 13.1 Å². The van der Waals surface area contributed by atoms with Crippen molar-refractivity contribution in [2.45, 2.75) is 70.9 Å². The Bertz CT molecular complexity index is 605. The van der Waals surface area contributed by atoms with Gasteiger partial charge in [0, 0.05) is 25.6 Å². The van der Waals surface area contributed by atoms with E-state index in [0.717, 1.165) is 38.6 Å². The van der Waals surface area contributed by atoms with Crippen molar-refractivity contribution in [3.05, 3.63) is 35.4 Å². The first-order valence-corrected chi connectivity index (χ1v) is 9.70. The molecule has 2 aliphatic rings. The average molecular weight is 342 g/mol. The fourth-order valence-corrected chi connectivity index (χ4v) is 3.47. The number of benzene rings is 1. The van der Waals surface area contributed by atoms with Crippen LogP contribution in [0.25, 0.3) is 0 Å². The van der Waals surface area contributed by atoms with E-state index >= 15 is 0 Å². The first-order chi connectivity index (χ1) is 12.0. The Kier molecular flexibility index (Phi) is 5.77. The van der Waals surface area contributed by atoms with Crippen LogP contribution in [0.4, 0.5) is 0 Å². The molecule has 1 aromatic rings. The van der Waals surface area contributed by atoms with Gasteiger partial charge in [0.25, 0.3) is 0 Å². The highest BCUT2D eigenvalue weighted by atomic mass is 16.2. The molecule has 0 radical (unpaired) electrons. The van der Waals surface area contributed by atoms with Gasteiger partial charge in [0.05, 0.1) is 6.54 Å². The number of carbonyl (C=O) groups excluding carboxylic acids is 2. The highest BCUT2D eigenvalue weighted by Gasteiger charge is 2.33. The normalized spacial score (nSPS) is 18.4. The molecule has 1 heterocycles. The number of carbonyl (C=O) groups is 2. The Balaban J connectivity index is 1.64. The molecule has 0 atom stereocenters. The summed E-state index contributed by atoms with van der Waals surface area (Å²) in [6.45, 7) is 6.01. The number of amides is 2. The van der Waals surface area contributed by atoms with Gasteiger partial charge in [-0.25, -0.2) is 0 Å². The van der Waals surface area contributed by atoms with E-state index in [2.05, 4.69) is 38.1 Å². The number of rotatable bonds is 6. The van der Waals surface area contributed by atoms with Crippen LogP contribution in [0.3, 0.4) is 0 Å². The zero-order valence-electron chi connectivity index (χ0n) is 15.5. The summed E-state index contributed by atoms with van der Waals surface area (Å²) in [6, 6.07) is 8.95. The molecule has 25 heavy (non-hydrogen) atoms. The fourth-order valence-electron chi connectivity index (χ4n) is 3.47. The predicted octanol–water partition coefficient (Wildman–Crippen LogP) is 3.70. The van der Waals surface area contributed by atoms with E-state index in [-0.39, 0.29) is 18.4 Å². The van der Waals surface area contributed by atoms with Gasteiger partial charge in [-0.2, -0.15) is 0 Å². The molecule has 1 aliphatic carbocycles. The van der Waals surface area contributed by atoms with E-state index in [9.17, 15) is 9.59 Å². The van der Waals surface area contributed by atoms with E-state index in [1.54, 1.807) is 4.90 Å². The first kappa shape index (κ1) is 18.0. The smallest absolute Gasteiger partial charge is 0.242 e. The van der Waals surface area contributed by atoms with Gasteiger partial charge < -0.3 is 9.80 Å². The SMILES string of the molecule is CC(C)c1ccc(CN(C(=O)CN2CCCCCC2=O)C2CC2)cc1. The molecule has 4 heteroatoms. The summed E-state index contributed by atoms with van der Waals surface area (Å²) in [5.74, 6) is 0.762. The van der Waals surface area contributed by atoms with Crippen molar-refractivity contribution >= 4 is 11.8 Å². The molecule has 4 nitrogen and oxygen atoms in total. The van der Waals surface area contributed by atoms with E-state index < -0.39 is 0 Å². The van der Waals surface area contributed by atoms with Gasteiger partial charge in [-0.15, -0.1) is 0 Å². The molecule has 0 N–H and O–H groups in total. The maximum atomic E-state index is 12.9. The Morgan fingerprint density at radius 2 is 1.88 bits per heavy atom. The minimum absolute atomic E-state index is 0.102. The number of nitrogens with zero attached hydrogens (tertiary/aromatic N) is 2. The van der Waals surface area contributed by atoms with Crippen LogP contribution in [0.15, 0.2) is 24.3 Å². The van der Waals surface area contributed by atoms with Gasteiger partial charge in [-0.05, 0) is 42.7 Å². The molecule has 2 amide bonds.